The highest BCUT2D eigenvalue weighted by Gasteiger charge is 2.30. The Morgan fingerprint density at radius 1 is 1.08 bits per heavy atom. The molecular weight excluding hydrogens is 454 g/mol. The first-order valence-corrected chi connectivity index (χ1v) is 12.2. The van der Waals surface area contributed by atoms with Crippen LogP contribution in [0.4, 0.5) is 0 Å². The molecule has 0 bridgehead atoms. The Morgan fingerprint density at radius 3 is 2.56 bits per heavy atom. The fraction of sp³-hybridized carbons (Fsp3) is 0.286. The Bertz CT molecular complexity index is 1560. The third-order valence-electron chi connectivity index (χ3n) is 7.29. The molecule has 2 aromatic carbocycles. The summed E-state index contributed by atoms with van der Waals surface area (Å²) in [5.74, 6) is -0.585. The van der Waals surface area contributed by atoms with Crippen LogP contribution in [0.5, 0.6) is 0 Å². The van der Waals surface area contributed by atoms with Crippen LogP contribution in [0, 0.1) is 12.8 Å². The predicted molar refractivity (Wildman–Crippen MR) is 137 cm³/mol. The summed E-state index contributed by atoms with van der Waals surface area (Å²) >= 11 is 0. The van der Waals surface area contributed by atoms with Crippen LogP contribution in [0.1, 0.15) is 40.5 Å². The van der Waals surface area contributed by atoms with Gasteiger partial charge in [0, 0.05) is 37.4 Å². The molecule has 0 radical (unpaired) electrons. The molecule has 0 saturated carbocycles. The van der Waals surface area contributed by atoms with E-state index in [1.165, 1.54) is 5.56 Å². The van der Waals surface area contributed by atoms with E-state index in [-0.39, 0.29) is 11.6 Å². The van der Waals surface area contributed by atoms with Crippen LogP contribution in [0.3, 0.4) is 0 Å². The highest BCUT2D eigenvalue weighted by molar-refractivity contribution is 6.09. The number of pyridine rings is 1. The van der Waals surface area contributed by atoms with Crippen molar-refractivity contribution in [3.8, 4) is 11.3 Å². The van der Waals surface area contributed by atoms with Gasteiger partial charge < -0.3 is 14.4 Å². The smallest absolute Gasteiger partial charge is 0.335 e. The number of carboxylic acids is 1. The van der Waals surface area contributed by atoms with Crippen LogP contribution in [-0.2, 0) is 11.8 Å². The zero-order valence-electron chi connectivity index (χ0n) is 20.3. The van der Waals surface area contributed by atoms with Gasteiger partial charge in [-0.05, 0) is 55.5 Å². The number of hydrogen-bond acceptors (Lipinski definition) is 5. The molecular formula is C28H27N5O3. The minimum Gasteiger partial charge on any atom is -0.478 e. The number of aromatic carboxylic acids is 1. The molecule has 0 spiro atoms. The fourth-order valence-electron chi connectivity index (χ4n) is 5.64. The summed E-state index contributed by atoms with van der Waals surface area (Å²) in [5.41, 5.74) is 6.86. The van der Waals surface area contributed by atoms with E-state index in [9.17, 15) is 9.90 Å². The van der Waals surface area contributed by atoms with Crippen LogP contribution in [-0.4, -0.2) is 48.8 Å². The van der Waals surface area contributed by atoms with E-state index in [0.717, 1.165) is 64.9 Å². The topological polar surface area (TPSA) is 95.1 Å². The van der Waals surface area contributed by atoms with Crippen molar-refractivity contribution >= 4 is 27.9 Å². The van der Waals surface area contributed by atoms with Crippen LogP contribution < -0.4 is 0 Å². The molecule has 0 aliphatic carbocycles. The molecule has 36 heavy (non-hydrogen) atoms. The van der Waals surface area contributed by atoms with Crippen molar-refractivity contribution < 1.29 is 14.6 Å². The summed E-state index contributed by atoms with van der Waals surface area (Å²) in [5, 5.41) is 18.9. The van der Waals surface area contributed by atoms with Crippen molar-refractivity contribution in [2.24, 2.45) is 13.0 Å². The summed E-state index contributed by atoms with van der Waals surface area (Å²) in [7, 11) is 1.88. The molecule has 1 fully saturated rings. The third kappa shape index (κ3) is 3.65. The molecule has 1 unspecified atom stereocenters. The molecule has 3 aromatic heterocycles. The Labute approximate surface area is 208 Å². The first kappa shape index (κ1) is 22.4. The first-order chi connectivity index (χ1) is 17.5. The Balaban J connectivity index is 1.68. The molecule has 1 atom stereocenters. The van der Waals surface area contributed by atoms with E-state index in [4.69, 9.17) is 9.72 Å². The van der Waals surface area contributed by atoms with E-state index in [2.05, 4.69) is 45.2 Å². The van der Waals surface area contributed by atoms with Crippen molar-refractivity contribution in [3.63, 3.8) is 0 Å². The maximum Gasteiger partial charge on any atom is 0.335 e. The summed E-state index contributed by atoms with van der Waals surface area (Å²) < 4.78 is 9.83. The largest absolute Gasteiger partial charge is 0.478 e. The van der Waals surface area contributed by atoms with E-state index in [1.54, 1.807) is 16.8 Å². The maximum absolute atomic E-state index is 11.8. The quantitative estimate of drug-likeness (QED) is 0.379. The molecule has 1 N–H and O–H groups in total. The van der Waals surface area contributed by atoms with Crippen molar-refractivity contribution in [2.45, 2.75) is 25.8 Å². The number of carboxylic acid groups (broad SMARTS) is 1. The van der Waals surface area contributed by atoms with Crippen LogP contribution in [0.25, 0.3) is 33.2 Å². The van der Waals surface area contributed by atoms with Gasteiger partial charge >= 0.3 is 5.97 Å². The normalized spacial score (nSPS) is 15.5. The van der Waals surface area contributed by atoms with Crippen LogP contribution in [0.15, 0.2) is 60.8 Å². The van der Waals surface area contributed by atoms with Crippen LogP contribution >= 0.6 is 0 Å². The number of ether oxygens (including phenoxy) is 1. The highest BCUT2D eigenvalue weighted by Crippen LogP contribution is 2.41. The number of carbonyl (C=O) groups is 1. The van der Waals surface area contributed by atoms with Gasteiger partial charge in [-0.3, -0.25) is 4.98 Å². The van der Waals surface area contributed by atoms with Gasteiger partial charge in [-0.25, -0.2) is 9.48 Å². The van der Waals surface area contributed by atoms with Gasteiger partial charge in [0.2, 0.25) is 0 Å². The number of rotatable bonds is 5. The lowest BCUT2D eigenvalue weighted by atomic mass is 9.86. The molecule has 6 rings (SSSR count). The zero-order valence-corrected chi connectivity index (χ0v) is 20.3. The average molecular weight is 482 g/mol. The van der Waals surface area contributed by atoms with Gasteiger partial charge in [-0.1, -0.05) is 35.5 Å². The van der Waals surface area contributed by atoms with Crippen LogP contribution in [0.2, 0.25) is 0 Å². The van der Waals surface area contributed by atoms with E-state index < -0.39 is 5.97 Å². The molecule has 182 valence electrons. The second kappa shape index (κ2) is 8.87. The molecule has 8 nitrogen and oxygen atoms in total. The molecule has 1 aliphatic rings. The number of aryl methyl sites for hydroxylation is 2. The number of fused-ring (bicyclic) bond motifs is 3. The summed E-state index contributed by atoms with van der Waals surface area (Å²) in [6.45, 7) is 3.41. The lowest BCUT2D eigenvalue weighted by Gasteiger charge is -2.33. The van der Waals surface area contributed by atoms with E-state index in [0.29, 0.717) is 5.92 Å². The Hall–Kier alpha value is -4.04. The molecule has 1 aliphatic heterocycles. The Morgan fingerprint density at radius 2 is 1.86 bits per heavy atom. The second-order valence-corrected chi connectivity index (χ2v) is 9.45. The molecule has 5 aromatic rings. The predicted octanol–water partition coefficient (Wildman–Crippen LogP) is 5.01. The maximum atomic E-state index is 11.8. The first-order valence-electron chi connectivity index (χ1n) is 12.2. The summed E-state index contributed by atoms with van der Waals surface area (Å²) in [6.07, 6.45) is 3.73. The second-order valence-electron chi connectivity index (χ2n) is 9.45. The summed E-state index contributed by atoms with van der Waals surface area (Å²) in [6, 6.07) is 18.1. The lowest BCUT2D eigenvalue weighted by Crippen LogP contribution is -2.26. The van der Waals surface area contributed by atoms with Gasteiger partial charge in [0.25, 0.3) is 0 Å². The summed E-state index contributed by atoms with van der Waals surface area (Å²) in [4.78, 5) is 16.7. The van der Waals surface area contributed by atoms with E-state index >= 15 is 0 Å². The van der Waals surface area contributed by atoms with Gasteiger partial charge in [0.1, 0.15) is 0 Å². The minimum atomic E-state index is -0.949. The van der Waals surface area contributed by atoms with Gasteiger partial charge in [0.05, 0.1) is 39.5 Å². The Kier molecular flexibility index (Phi) is 5.53. The van der Waals surface area contributed by atoms with E-state index in [1.807, 2.05) is 32.3 Å². The van der Waals surface area contributed by atoms with Gasteiger partial charge in [-0.15, -0.1) is 5.10 Å². The lowest BCUT2D eigenvalue weighted by molar-refractivity contribution is 0.0552. The number of aromatic nitrogens is 5. The van der Waals surface area contributed by atoms with Crippen molar-refractivity contribution in [1.29, 1.82) is 0 Å². The number of benzene rings is 2. The van der Waals surface area contributed by atoms with Crippen molar-refractivity contribution in [3.05, 3.63) is 77.6 Å². The number of hydrogen-bond donors (Lipinski definition) is 1. The van der Waals surface area contributed by atoms with Crippen molar-refractivity contribution in [1.82, 2.24) is 24.5 Å². The SMILES string of the molecule is Cc1nnn(C)c1-c1cnc2c3cc(C(=O)O)ccc3n(C(c3ccccc3)C3CCOCC3)c2c1. The highest BCUT2D eigenvalue weighted by atomic mass is 16.5. The number of nitrogens with zero attached hydrogens (tertiary/aromatic N) is 5. The molecule has 4 heterocycles. The van der Waals surface area contributed by atoms with Crippen molar-refractivity contribution in [2.75, 3.05) is 13.2 Å². The molecule has 1 saturated heterocycles. The standard InChI is InChI=1S/C28H27N5O3/c1-17-26(32(2)31-30-17)21-15-24-25(29-16-21)22-14-20(28(34)35)8-9-23(22)33(24)27(18-6-4-3-5-7-18)19-10-12-36-13-11-19/h3-9,14-16,19,27H,10-13H2,1-2H3,(H,34,35). The van der Waals surface area contributed by atoms with Gasteiger partial charge in [0.15, 0.2) is 0 Å². The average Bonchev–Trinajstić information content (AvgIpc) is 3.41. The monoisotopic (exact) mass is 481 g/mol. The fourth-order valence-corrected chi connectivity index (χ4v) is 5.64. The van der Waals surface area contributed by atoms with Gasteiger partial charge in [-0.2, -0.15) is 0 Å². The minimum absolute atomic E-state index is 0.0496. The zero-order chi connectivity index (χ0) is 24.8. The molecule has 8 heteroatoms. The third-order valence-corrected chi connectivity index (χ3v) is 7.29. The molecule has 0 amide bonds.